The standard InChI is InChI=1S/C92H104N6/c1-27-28-54(2)94-80-83(97-76-41-33-59(89(15,16)17)49-67(76)68-50-60(90(18,19)20)34-42-77(68)97)81(95-72-37-29-55(85(3,4)5)45-63(72)64-46-56(86(6,7)8)30-38-73(64)95)71(53-93)82(96-74-39-31-57(87(9,10)11)47-65(74)66-48-58(88(12,13)14)32-40-75(66)96)84(80)98-78-43-35-61(91(21,22)23)51-69(78)70-52-62(92(24,25)26)36-44-79(70)98/h27-52,94H,2H2,1,3-26H3/b28-27-. The lowest BCUT2D eigenvalue weighted by atomic mass is 9.85. The van der Waals surface area contributed by atoms with Crippen LogP contribution in [0.25, 0.3) is 110 Å². The van der Waals surface area contributed by atoms with Gasteiger partial charge in [-0.05, 0) is 198 Å². The first kappa shape index (κ1) is 67.5. The van der Waals surface area contributed by atoms with Gasteiger partial charge in [0.1, 0.15) is 11.6 Å². The van der Waals surface area contributed by atoms with Crippen molar-refractivity contribution in [2.45, 2.75) is 216 Å². The van der Waals surface area contributed by atoms with E-state index in [9.17, 15) is 5.26 Å². The molecule has 0 aliphatic heterocycles. The predicted molar refractivity (Wildman–Crippen MR) is 426 cm³/mol. The SMILES string of the molecule is C=C(/C=C\C)Nc1c(-n2c3ccc(C(C)(C)C)cc3c3cc(C(C)(C)C)ccc32)c(-n2c3ccc(C(C)(C)C)cc3c3cc(C(C)(C)C)ccc32)c(C#N)c(-n2c3ccc(C(C)(C)C)cc3c3cc(C(C)(C)C)ccc32)c1-n1c2ccc(C(C)(C)C)cc2c2cc(C(C)(C)C)ccc21. The third-order valence-electron chi connectivity index (χ3n) is 21.0. The van der Waals surface area contributed by atoms with Crippen LogP contribution in [-0.4, -0.2) is 18.3 Å². The second-order valence-electron chi connectivity index (χ2n) is 36.6. The van der Waals surface area contributed by atoms with Crippen LogP contribution in [0.3, 0.4) is 0 Å². The van der Waals surface area contributed by atoms with Gasteiger partial charge in [0.25, 0.3) is 0 Å². The molecule has 6 nitrogen and oxygen atoms in total. The molecule has 13 rings (SSSR count). The molecule has 0 aliphatic carbocycles. The number of anilines is 1. The van der Waals surface area contributed by atoms with E-state index in [2.05, 4.69) is 360 Å². The zero-order chi connectivity index (χ0) is 71.0. The van der Waals surface area contributed by atoms with Crippen LogP contribution in [0.2, 0.25) is 0 Å². The molecule has 9 aromatic carbocycles. The van der Waals surface area contributed by atoms with E-state index in [0.29, 0.717) is 11.3 Å². The van der Waals surface area contributed by atoms with Gasteiger partial charge in [0.15, 0.2) is 0 Å². The van der Waals surface area contributed by atoms with Crippen molar-refractivity contribution in [2.75, 3.05) is 5.32 Å². The highest BCUT2D eigenvalue weighted by Crippen LogP contribution is 2.53. The highest BCUT2D eigenvalue weighted by molar-refractivity contribution is 6.17. The molecule has 0 aliphatic rings. The molecule has 0 spiro atoms. The average Bonchev–Trinajstić information content (AvgIpc) is 1.47. The van der Waals surface area contributed by atoms with E-state index in [4.69, 9.17) is 6.58 Å². The van der Waals surface area contributed by atoms with E-state index in [1.165, 1.54) is 44.5 Å². The zero-order valence-corrected chi connectivity index (χ0v) is 63.5. The highest BCUT2D eigenvalue weighted by atomic mass is 15.2. The number of nitriles is 1. The lowest BCUT2D eigenvalue weighted by Gasteiger charge is -2.30. The Morgan fingerprint density at radius 2 is 0.480 bits per heavy atom. The van der Waals surface area contributed by atoms with Gasteiger partial charge < -0.3 is 23.6 Å². The minimum Gasteiger partial charge on any atom is -0.352 e. The molecule has 13 aromatic rings. The van der Waals surface area contributed by atoms with Gasteiger partial charge in [-0.15, -0.1) is 0 Å². The van der Waals surface area contributed by atoms with Crippen molar-refractivity contribution in [1.29, 1.82) is 5.26 Å². The third-order valence-corrected chi connectivity index (χ3v) is 21.0. The van der Waals surface area contributed by atoms with Crippen molar-refractivity contribution >= 4 is 92.9 Å². The molecule has 6 heteroatoms. The maximum atomic E-state index is 13.6. The number of benzene rings is 9. The van der Waals surface area contributed by atoms with Crippen LogP contribution in [-0.2, 0) is 43.3 Å². The van der Waals surface area contributed by atoms with E-state index in [-0.39, 0.29) is 43.3 Å². The zero-order valence-electron chi connectivity index (χ0n) is 63.5. The molecule has 0 unspecified atom stereocenters. The highest BCUT2D eigenvalue weighted by Gasteiger charge is 2.37. The summed E-state index contributed by atoms with van der Waals surface area (Å²) in [5.74, 6) is 0. The monoisotopic (exact) mass is 1290 g/mol. The van der Waals surface area contributed by atoms with Crippen molar-refractivity contribution in [3.63, 3.8) is 0 Å². The summed E-state index contributed by atoms with van der Waals surface area (Å²) < 4.78 is 9.98. The first-order valence-corrected chi connectivity index (χ1v) is 35.6. The Bertz CT molecular complexity index is 4960. The fraction of sp³-hybridized carbons (Fsp3) is 0.359. The number of fused-ring (bicyclic) bond motifs is 12. The number of hydrogen-bond acceptors (Lipinski definition) is 2. The Morgan fingerprint density at radius 1 is 0.306 bits per heavy atom. The van der Waals surface area contributed by atoms with Crippen LogP contribution in [0.1, 0.15) is 223 Å². The lowest BCUT2D eigenvalue weighted by molar-refractivity contribution is 0.590. The van der Waals surface area contributed by atoms with Gasteiger partial charge in [-0.1, -0.05) is 227 Å². The molecule has 0 fully saturated rings. The molecule has 0 saturated carbocycles. The summed E-state index contributed by atoms with van der Waals surface area (Å²) in [5.41, 5.74) is 22.0. The fourth-order valence-corrected chi connectivity index (χ4v) is 15.0. The van der Waals surface area contributed by atoms with Crippen LogP contribution in [0.4, 0.5) is 5.69 Å². The van der Waals surface area contributed by atoms with Crippen LogP contribution in [0.5, 0.6) is 0 Å². The number of allylic oxidation sites excluding steroid dienone is 2. The van der Waals surface area contributed by atoms with Crippen molar-refractivity contribution in [1.82, 2.24) is 18.3 Å². The van der Waals surface area contributed by atoms with Gasteiger partial charge in [-0.2, -0.15) is 5.26 Å². The average molecular weight is 1290 g/mol. The normalized spacial score (nSPS) is 13.6. The first-order valence-electron chi connectivity index (χ1n) is 35.6. The van der Waals surface area contributed by atoms with Gasteiger partial charge >= 0.3 is 0 Å². The quantitative estimate of drug-likeness (QED) is 0.162. The molecule has 4 heterocycles. The molecule has 0 amide bonds. The molecule has 0 bridgehead atoms. The summed E-state index contributed by atoms with van der Waals surface area (Å²) >= 11 is 0. The van der Waals surface area contributed by atoms with Gasteiger partial charge in [0, 0.05) is 48.8 Å². The van der Waals surface area contributed by atoms with Crippen molar-refractivity contribution in [3.05, 3.63) is 220 Å². The second kappa shape index (κ2) is 22.5. The first-order chi connectivity index (χ1) is 45.5. The maximum absolute atomic E-state index is 13.6. The number of hydrogen-bond donors (Lipinski definition) is 1. The number of nitrogens with one attached hydrogen (secondary N) is 1. The molecule has 502 valence electrons. The fourth-order valence-electron chi connectivity index (χ4n) is 15.0. The summed E-state index contributed by atoms with van der Waals surface area (Å²) in [6, 6.07) is 60.1. The molecule has 4 aromatic heterocycles. The molecule has 1 N–H and O–H groups in total. The van der Waals surface area contributed by atoms with Crippen LogP contribution >= 0.6 is 0 Å². The molecular weight excluding hydrogens is 1190 g/mol. The summed E-state index contributed by atoms with van der Waals surface area (Å²) in [4.78, 5) is 0. The summed E-state index contributed by atoms with van der Waals surface area (Å²) in [6.07, 6.45) is 4.16. The number of aromatic nitrogens is 4. The van der Waals surface area contributed by atoms with Gasteiger partial charge in [0.2, 0.25) is 0 Å². The van der Waals surface area contributed by atoms with Crippen LogP contribution in [0, 0.1) is 11.3 Å². The predicted octanol–water partition coefficient (Wildman–Crippen LogP) is 25.8. The Balaban J connectivity index is 1.42. The molecular formula is C92H104N6. The largest absolute Gasteiger partial charge is 0.352 e. The smallest absolute Gasteiger partial charge is 0.105 e. The molecule has 0 saturated heterocycles. The topological polar surface area (TPSA) is 55.5 Å². The van der Waals surface area contributed by atoms with E-state index in [1.807, 2.05) is 0 Å². The van der Waals surface area contributed by atoms with E-state index in [0.717, 1.165) is 116 Å². The third kappa shape index (κ3) is 11.2. The number of nitrogens with zero attached hydrogens (tertiary/aromatic N) is 5. The Hall–Kier alpha value is -9.05. The van der Waals surface area contributed by atoms with Crippen molar-refractivity contribution in [2.24, 2.45) is 0 Å². The molecule has 98 heavy (non-hydrogen) atoms. The van der Waals surface area contributed by atoms with E-state index >= 15 is 0 Å². The van der Waals surface area contributed by atoms with Crippen molar-refractivity contribution in [3.8, 4) is 28.8 Å². The lowest BCUT2D eigenvalue weighted by Crippen LogP contribution is -2.18. The maximum Gasteiger partial charge on any atom is 0.105 e. The Labute approximate surface area is 583 Å². The van der Waals surface area contributed by atoms with Crippen molar-refractivity contribution < 1.29 is 0 Å². The van der Waals surface area contributed by atoms with Crippen LogP contribution < -0.4 is 5.32 Å². The minimum absolute atomic E-state index is 0.157. The Morgan fingerprint density at radius 3 is 0.633 bits per heavy atom. The Kier molecular flexibility index (Phi) is 15.5. The van der Waals surface area contributed by atoms with E-state index in [1.54, 1.807) is 0 Å². The second-order valence-corrected chi connectivity index (χ2v) is 36.6. The van der Waals surface area contributed by atoms with Gasteiger partial charge in [-0.25, -0.2) is 0 Å². The molecule has 0 atom stereocenters. The summed E-state index contributed by atoms with van der Waals surface area (Å²) in [6.45, 7) is 62.5. The molecule has 0 radical (unpaired) electrons. The summed E-state index contributed by atoms with van der Waals surface area (Å²) in [5, 5.41) is 27.0. The van der Waals surface area contributed by atoms with Gasteiger partial charge in [-0.3, -0.25) is 0 Å². The summed E-state index contributed by atoms with van der Waals surface area (Å²) in [7, 11) is 0. The minimum atomic E-state index is -0.160. The van der Waals surface area contributed by atoms with E-state index < -0.39 is 0 Å². The van der Waals surface area contributed by atoms with Crippen LogP contribution in [0.15, 0.2) is 170 Å². The van der Waals surface area contributed by atoms with Gasteiger partial charge in [0.05, 0.1) is 72.6 Å². The number of rotatable bonds is 7.